The highest BCUT2D eigenvalue weighted by Crippen LogP contribution is 2.14. The first-order valence-corrected chi connectivity index (χ1v) is 5.00. The molecule has 0 heterocycles. The van der Waals surface area contributed by atoms with Gasteiger partial charge in [-0.05, 0) is 25.7 Å². The van der Waals surface area contributed by atoms with E-state index in [1.165, 1.54) is 0 Å². The summed E-state index contributed by atoms with van der Waals surface area (Å²) >= 11 is 0. The third-order valence-corrected chi connectivity index (χ3v) is 2.57. The van der Waals surface area contributed by atoms with Crippen LogP contribution in [0.25, 0.3) is 0 Å². The van der Waals surface area contributed by atoms with Crippen LogP contribution in [0.5, 0.6) is 0 Å². The molecule has 0 aliphatic carbocycles. The molecule has 0 spiro atoms. The Kier molecular flexibility index (Phi) is 4.62. The summed E-state index contributed by atoms with van der Waals surface area (Å²) in [6, 6.07) is 1.98. The number of carbonyl (C=O) groups is 1. The zero-order valence-corrected chi connectivity index (χ0v) is 9.72. The summed E-state index contributed by atoms with van der Waals surface area (Å²) in [7, 11) is 0. The first-order valence-electron chi connectivity index (χ1n) is 5.00. The molecule has 0 saturated heterocycles. The van der Waals surface area contributed by atoms with Gasteiger partial charge in [0.1, 0.15) is 5.41 Å². The van der Waals surface area contributed by atoms with Crippen LogP contribution >= 0.6 is 0 Å². The highest BCUT2D eigenvalue weighted by molar-refractivity contribution is 5.84. The van der Waals surface area contributed by atoms with Crippen LogP contribution in [0.3, 0.4) is 0 Å². The summed E-state index contributed by atoms with van der Waals surface area (Å²) in [6.07, 6.45) is 0. The zero-order chi connectivity index (χ0) is 11.4. The van der Waals surface area contributed by atoms with E-state index in [0.29, 0.717) is 18.4 Å². The van der Waals surface area contributed by atoms with Crippen LogP contribution in [0.15, 0.2) is 0 Å². The fourth-order valence-corrected chi connectivity index (χ4v) is 0.761. The molecule has 1 amide bonds. The molecule has 0 aromatic heterocycles. The van der Waals surface area contributed by atoms with E-state index in [2.05, 4.69) is 26.1 Å². The molecule has 0 radical (unpaired) electrons. The molecule has 1 N–H and O–H groups in total. The molecule has 0 bridgehead atoms. The monoisotopic (exact) mass is 196 g/mol. The lowest BCUT2D eigenvalue weighted by molar-refractivity contribution is -0.127. The second-order valence-corrected chi connectivity index (χ2v) is 4.67. The first kappa shape index (κ1) is 13.0. The lowest BCUT2D eigenvalue weighted by atomic mass is 9.93. The van der Waals surface area contributed by atoms with Gasteiger partial charge in [-0.3, -0.25) is 4.79 Å². The van der Waals surface area contributed by atoms with Gasteiger partial charge in [-0.2, -0.15) is 5.26 Å². The predicted octanol–water partition coefficient (Wildman–Crippen LogP) is 1.94. The number of hydrogen-bond donors (Lipinski definition) is 1. The molecule has 3 heteroatoms. The van der Waals surface area contributed by atoms with Crippen molar-refractivity contribution >= 4 is 5.91 Å². The molecule has 14 heavy (non-hydrogen) atoms. The van der Waals surface area contributed by atoms with Crippen LogP contribution in [-0.4, -0.2) is 12.5 Å². The van der Waals surface area contributed by atoms with Gasteiger partial charge in [0.15, 0.2) is 0 Å². The summed E-state index contributed by atoms with van der Waals surface area (Å²) in [5, 5.41) is 11.5. The summed E-state index contributed by atoms with van der Waals surface area (Å²) in [5.41, 5.74) is -0.920. The van der Waals surface area contributed by atoms with Gasteiger partial charge in [0, 0.05) is 6.54 Å². The van der Waals surface area contributed by atoms with Crippen LogP contribution in [0.4, 0.5) is 0 Å². The summed E-state index contributed by atoms with van der Waals surface area (Å²) < 4.78 is 0. The molecule has 1 unspecified atom stereocenters. The molecule has 0 aliphatic heterocycles. The van der Waals surface area contributed by atoms with Crippen molar-refractivity contribution in [1.82, 2.24) is 5.32 Å². The third kappa shape index (κ3) is 3.78. The van der Waals surface area contributed by atoms with Gasteiger partial charge < -0.3 is 5.32 Å². The number of amides is 1. The first-order chi connectivity index (χ1) is 6.31. The number of rotatable bonds is 4. The fourth-order valence-electron chi connectivity index (χ4n) is 0.761. The molecule has 0 aliphatic rings. The van der Waals surface area contributed by atoms with Gasteiger partial charge in [-0.1, -0.05) is 20.8 Å². The van der Waals surface area contributed by atoms with E-state index in [1.807, 2.05) is 6.07 Å². The lowest BCUT2D eigenvalue weighted by Crippen LogP contribution is -2.38. The molecule has 0 aromatic rings. The molecule has 0 saturated carbocycles. The van der Waals surface area contributed by atoms with E-state index in [0.717, 1.165) is 0 Å². The molecular formula is C11H20N2O. The van der Waals surface area contributed by atoms with E-state index >= 15 is 0 Å². The minimum atomic E-state index is -0.920. The summed E-state index contributed by atoms with van der Waals surface area (Å²) in [4.78, 5) is 11.5. The van der Waals surface area contributed by atoms with Gasteiger partial charge in [0.2, 0.25) is 5.91 Å². The number of hydrogen-bond acceptors (Lipinski definition) is 2. The van der Waals surface area contributed by atoms with Crippen LogP contribution < -0.4 is 5.32 Å². The van der Waals surface area contributed by atoms with Crippen LogP contribution in [-0.2, 0) is 4.79 Å². The normalized spacial score (nSPS) is 13.5. The van der Waals surface area contributed by atoms with E-state index in [4.69, 9.17) is 5.26 Å². The quantitative estimate of drug-likeness (QED) is 0.747. The second kappa shape index (κ2) is 4.99. The number of nitriles is 1. The minimum absolute atomic E-state index is 0.187. The predicted molar refractivity (Wildman–Crippen MR) is 56.4 cm³/mol. The largest absolute Gasteiger partial charge is 0.354 e. The Bertz CT molecular complexity index is 238. The fraction of sp³-hybridized carbons (Fsp3) is 0.818. The van der Waals surface area contributed by atoms with Crippen molar-refractivity contribution in [2.45, 2.75) is 34.6 Å². The van der Waals surface area contributed by atoms with Gasteiger partial charge >= 0.3 is 0 Å². The van der Waals surface area contributed by atoms with Crippen molar-refractivity contribution < 1.29 is 4.79 Å². The van der Waals surface area contributed by atoms with E-state index in [-0.39, 0.29) is 5.91 Å². The number of nitrogens with one attached hydrogen (secondary N) is 1. The van der Waals surface area contributed by atoms with Crippen molar-refractivity contribution in [2.24, 2.45) is 17.3 Å². The van der Waals surface area contributed by atoms with Crippen molar-refractivity contribution in [3.8, 4) is 6.07 Å². The Morgan fingerprint density at radius 2 is 1.93 bits per heavy atom. The van der Waals surface area contributed by atoms with Gasteiger partial charge in [-0.15, -0.1) is 0 Å². The average molecular weight is 196 g/mol. The van der Waals surface area contributed by atoms with Crippen molar-refractivity contribution in [1.29, 1.82) is 5.26 Å². The molecule has 3 nitrogen and oxygen atoms in total. The maximum absolute atomic E-state index is 11.5. The molecule has 80 valence electrons. The SMILES string of the molecule is CC(C)C(C)CNC(=O)C(C)(C)C#N. The Morgan fingerprint density at radius 1 is 1.43 bits per heavy atom. The molecule has 0 aromatic carbocycles. The van der Waals surface area contributed by atoms with Crippen LogP contribution in [0.1, 0.15) is 34.6 Å². The van der Waals surface area contributed by atoms with Gasteiger partial charge in [0.05, 0.1) is 6.07 Å². The van der Waals surface area contributed by atoms with Crippen molar-refractivity contribution in [3.05, 3.63) is 0 Å². The zero-order valence-electron chi connectivity index (χ0n) is 9.72. The Labute approximate surface area is 86.5 Å². The van der Waals surface area contributed by atoms with Gasteiger partial charge in [-0.25, -0.2) is 0 Å². The number of nitrogens with zero attached hydrogens (tertiary/aromatic N) is 1. The molecule has 0 fully saturated rings. The van der Waals surface area contributed by atoms with E-state index < -0.39 is 5.41 Å². The maximum atomic E-state index is 11.5. The Balaban J connectivity index is 4.05. The average Bonchev–Trinajstić information content (AvgIpc) is 2.13. The smallest absolute Gasteiger partial charge is 0.239 e. The number of carbonyl (C=O) groups excluding carboxylic acids is 1. The van der Waals surface area contributed by atoms with Crippen molar-refractivity contribution in [2.75, 3.05) is 6.54 Å². The third-order valence-electron chi connectivity index (χ3n) is 2.57. The second-order valence-electron chi connectivity index (χ2n) is 4.67. The standard InChI is InChI=1S/C11H20N2O/c1-8(2)9(3)6-13-10(14)11(4,5)7-12/h8-9H,6H2,1-5H3,(H,13,14). The lowest BCUT2D eigenvalue weighted by Gasteiger charge is -2.19. The Hall–Kier alpha value is -1.04. The minimum Gasteiger partial charge on any atom is -0.354 e. The van der Waals surface area contributed by atoms with Gasteiger partial charge in [0.25, 0.3) is 0 Å². The van der Waals surface area contributed by atoms with E-state index in [1.54, 1.807) is 13.8 Å². The topological polar surface area (TPSA) is 52.9 Å². The molecule has 1 atom stereocenters. The summed E-state index contributed by atoms with van der Waals surface area (Å²) in [6.45, 7) is 10.2. The maximum Gasteiger partial charge on any atom is 0.239 e. The Morgan fingerprint density at radius 3 is 2.29 bits per heavy atom. The highest BCUT2D eigenvalue weighted by atomic mass is 16.2. The molecular weight excluding hydrogens is 176 g/mol. The van der Waals surface area contributed by atoms with Crippen LogP contribution in [0.2, 0.25) is 0 Å². The summed E-state index contributed by atoms with van der Waals surface area (Å²) in [5.74, 6) is 0.793. The van der Waals surface area contributed by atoms with Crippen LogP contribution in [0, 0.1) is 28.6 Å². The van der Waals surface area contributed by atoms with E-state index in [9.17, 15) is 4.79 Å². The van der Waals surface area contributed by atoms with Crippen molar-refractivity contribution in [3.63, 3.8) is 0 Å². The molecule has 0 rings (SSSR count). The highest BCUT2D eigenvalue weighted by Gasteiger charge is 2.27.